The number of imide groups is 1. The van der Waals surface area contributed by atoms with Crippen molar-refractivity contribution in [3.63, 3.8) is 0 Å². The first kappa shape index (κ1) is 23.1. The molecule has 1 aromatic carbocycles. The summed E-state index contributed by atoms with van der Waals surface area (Å²) in [5, 5.41) is 18.4. The van der Waals surface area contributed by atoms with E-state index in [1.165, 1.54) is 23.9 Å². The molecule has 36 heavy (non-hydrogen) atoms. The Bertz CT molecular complexity index is 1350. The zero-order valence-corrected chi connectivity index (χ0v) is 20.2. The lowest BCUT2D eigenvalue weighted by Crippen LogP contribution is -2.50. The molecular formula is C26H29FN6O3. The van der Waals surface area contributed by atoms with Crippen LogP contribution in [0.3, 0.4) is 0 Å². The van der Waals surface area contributed by atoms with Gasteiger partial charge in [-0.1, -0.05) is 6.07 Å². The number of fused-ring (bicyclic) bond motifs is 1. The molecule has 10 heteroatoms. The van der Waals surface area contributed by atoms with Crippen molar-refractivity contribution in [1.29, 1.82) is 0 Å². The van der Waals surface area contributed by atoms with E-state index in [9.17, 15) is 14.7 Å². The molecule has 1 saturated carbocycles. The molecule has 3 aromatic rings. The second-order valence-electron chi connectivity index (χ2n) is 10.5. The Morgan fingerprint density at radius 1 is 1.19 bits per heavy atom. The van der Waals surface area contributed by atoms with Crippen LogP contribution >= 0.6 is 0 Å². The average molecular weight is 493 g/mol. The number of carbonyl (C=O) groups excluding carboxylic acids is 2. The summed E-state index contributed by atoms with van der Waals surface area (Å²) in [7, 11) is 0. The minimum absolute atomic E-state index is 0.176. The number of urea groups is 1. The minimum Gasteiger partial charge on any atom is -0.388 e. The molecule has 6 rings (SSSR count). The number of hydrogen-bond acceptors (Lipinski definition) is 6. The highest BCUT2D eigenvalue weighted by atomic mass is 19.1. The fourth-order valence-electron chi connectivity index (χ4n) is 5.54. The molecule has 3 aliphatic rings. The molecular weight excluding hydrogens is 463 g/mol. The second kappa shape index (κ2) is 8.63. The molecule has 9 nitrogen and oxygen atoms in total. The molecule has 2 N–H and O–H groups in total. The predicted octanol–water partition coefficient (Wildman–Crippen LogP) is 3.09. The van der Waals surface area contributed by atoms with Crippen LogP contribution in [0.5, 0.6) is 0 Å². The number of aliphatic hydroxyl groups is 1. The third-order valence-corrected chi connectivity index (χ3v) is 7.57. The van der Waals surface area contributed by atoms with Crippen LogP contribution in [0.1, 0.15) is 55.7 Å². The van der Waals surface area contributed by atoms with E-state index in [1.54, 1.807) is 25.1 Å². The highest BCUT2D eigenvalue weighted by Gasteiger charge is 2.40. The van der Waals surface area contributed by atoms with Gasteiger partial charge < -0.3 is 5.11 Å². The molecule has 2 unspecified atom stereocenters. The third kappa shape index (κ3) is 4.24. The number of hydrogen-bond donors (Lipinski definition) is 2. The fourth-order valence-corrected chi connectivity index (χ4v) is 5.54. The number of piperidine rings is 1. The van der Waals surface area contributed by atoms with Crippen LogP contribution in [-0.2, 0) is 11.3 Å². The number of halogens is 1. The second-order valence-corrected chi connectivity index (χ2v) is 10.5. The SMILES string of the molecule is CC1(O)CN(Cc2cnn(C3CC3)c2)CCC1c1ccc2ncc(N3CCC(=O)NC3=O)cc2c1F. The molecule has 0 bridgehead atoms. The molecule has 0 spiro atoms. The van der Waals surface area contributed by atoms with Crippen LogP contribution in [0.2, 0.25) is 0 Å². The molecule has 3 amide bonds. The predicted molar refractivity (Wildman–Crippen MR) is 131 cm³/mol. The van der Waals surface area contributed by atoms with E-state index in [0.29, 0.717) is 47.7 Å². The molecule has 2 aliphatic heterocycles. The Kier molecular flexibility index (Phi) is 5.53. The summed E-state index contributed by atoms with van der Waals surface area (Å²) >= 11 is 0. The number of carbonyl (C=O) groups is 2. The van der Waals surface area contributed by atoms with Crippen LogP contribution in [0.4, 0.5) is 14.9 Å². The minimum atomic E-state index is -1.13. The van der Waals surface area contributed by atoms with Crippen molar-refractivity contribution in [2.45, 2.75) is 56.7 Å². The van der Waals surface area contributed by atoms with Gasteiger partial charge in [-0.25, -0.2) is 9.18 Å². The maximum Gasteiger partial charge on any atom is 0.328 e. The molecule has 4 heterocycles. The average Bonchev–Trinajstić information content (AvgIpc) is 3.58. The van der Waals surface area contributed by atoms with E-state index >= 15 is 4.39 Å². The lowest BCUT2D eigenvalue weighted by molar-refractivity contribution is -0.120. The molecule has 1 aliphatic carbocycles. The maximum absolute atomic E-state index is 15.9. The largest absolute Gasteiger partial charge is 0.388 e. The topological polar surface area (TPSA) is 104 Å². The van der Waals surface area contributed by atoms with E-state index in [2.05, 4.69) is 26.5 Å². The van der Waals surface area contributed by atoms with Gasteiger partial charge in [0.15, 0.2) is 0 Å². The van der Waals surface area contributed by atoms with Crippen LogP contribution in [0, 0.1) is 5.82 Å². The Hall–Kier alpha value is -3.37. The van der Waals surface area contributed by atoms with Gasteiger partial charge in [0.25, 0.3) is 0 Å². The van der Waals surface area contributed by atoms with Gasteiger partial charge in [0, 0.05) is 49.1 Å². The first-order chi connectivity index (χ1) is 17.3. The van der Waals surface area contributed by atoms with Gasteiger partial charge in [0.05, 0.1) is 35.2 Å². The molecule has 2 atom stereocenters. The van der Waals surface area contributed by atoms with Gasteiger partial charge in [0.2, 0.25) is 5.91 Å². The number of benzene rings is 1. The maximum atomic E-state index is 15.9. The zero-order valence-electron chi connectivity index (χ0n) is 20.2. The Balaban J connectivity index is 1.23. The summed E-state index contributed by atoms with van der Waals surface area (Å²) in [4.78, 5) is 31.7. The molecule has 3 fully saturated rings. The smallest absolute Gasteiger partial charge is 0.328 e. The first-order valence-corrected chi connectivity index (χ1v) is 12.5. The number of anilines is 1. The number of rotatable bonds is 5. The summed E-state index contributed by atoms with van der Waals surface area (Å²) in [6.45, 7) is 3.83. The lowest BCUT2D eigenvalue weighted by Gasteiger charge is -2.43. The van der Waals surface area contributed by atoms with Gasteiger partial charge in [0.1, 0.15) is 5.82 Å². The van der Waals surface area contributed by atoms with Crippen LogP contribution in [0.25, 0.3) is 10.9 Å². The summed E-state index contributed by atoms with van der Waals surface area (Å²) in [6.07, 6.45) is 8.64. The van der Waals surface area contributed by atoms with Gasteiger partial charge in [-0.3, -0.25) is 29.6 Å². The van der Waals surface area contributed by atoms with Crippen LogP contribution in [0.15, 0.2) is 36.8 Å². The van der Waals surface area contributed by atoms with E-state index in [-0.39, 0.29) is 24.8 Å². The molecule has 0 radical (unpaired) electrons. The summed E-state index contributed by atoms with van der Waals surface area (Å²) < 4.78 is 17.9. The van der Waals surface area contributed by atoms with E-state index in [4.69, 9.17) is 0 Å². The van der Waals surface area contributed by atoms with Crippen LogP contribution < -0.4 is 10.2 Å². The van der Waals surface area contributed by atoms with Crippen molar-refractivity contribution in [3.8, 4) is 0 Å². The van der Waals surface area contributed by atoms with Gasteiger partial charge in [-0.05, 0) is 50.4 Å². The number of nitrogens with zero attached hydrogens (tertiary/aromatic N) is 5. The standard InChI is InChI=1S/C26H29FN6O3/c1-26(36)15-31(13-16-11-29-33(14-16)17-2-3-17)8-6-21(26)19-4-5-22-20(24(19)27)10-18(12-28-22)32-9-7-23(34)30-25(32)35/h4-5,10-12,14,17,21,36H,2-3,6-9,13,15H2,1H3,(H,30,34,35). The van der Waals surface area contributed by atoms with Crippen molar-refractivity contribution < 1.29 is 19.1 Å². The Labute approximate surface area is 207 Å². The number of pyridine rings is 1. The van der Waals surface area contributed by atoms with Crippen molar-refractivity contribution in [3.05, 3.63) is 53.7 Å². The van der Waals surface area contributed by atoms with E-state index < -0.39 is 17.4 Å². The van der Waals surface area contributed by atoms with Crippen molar-refractivity contribution >= 4 is 28.5 Å². The summed E-state index contributed by atoms with van der Waals surface area (Å²) in [6, 6.07) is 5.06. The quantitative estimate of drug-likeness (QED) is 0.567. The fraction of sp³-hybridized carbons (Fsp3) is 0.462. The summed E-state index contributed by atoms with van der Waals surface area (Å²) in [5.74, 6) is -1.14. The van der Waals surface area contributed by atoms with Crippen LogP contribution in [-0.4, -0.2) is 61.9 Å². The number of nitrogens with one attached hydrogen (secondary N) is 1. The van der Waals surface area contributed by atoms with Gasteiger partial charge >= 0.3 is 6.03 Å². The number of β-amino-alcohol motifs (C(OH)–C–C–N with tert-alkyl or cyclic N) is 1. The number of likely N-dealkylation sites (tertiary alicyclic amines) is 1. The van der Waals surface area contributed by atoms with Crippen molar-refractivity contribution in [1.82, 2.24) is 25.0 Å². The van der Waals surface area contributed by atoms with Crippen molar-refractivity contribution in [2.75, 3.05) is 24.5 Å². The molecule has 2 aromatic heterocycles. The molecule has 188 valence electrons. The summed E-state index contributed by atoms with van der Waals surface area (Å²) in [5.41, 5.74) is 1.34. The Morgan fingerprint density at radius 3 is 2.78 bits per heavy atom. The van der Waals surface area contributed by atoms with Gasteiger partial charge in [-0.2, -0.15) is 5.10 Å². The van der Waals surface area contributed by atoms with Gasteiger partial charge in [-0.15, -0.1) is 0 Å². The van der Waals surface area contributed by atoms with E-state index in [0.717, 1.165) is 12.1 Å². The Morgan fingerprint density at radius 2 is 2.03 bits per heavy atom. The lowest BCUT2D eigenvalue weighted by atomic mass is 9.77. The zero-order chi connectivity index (χ0) is 25.0. The van der Waals surface area contributed by atoms with Crippen molar-refractivity contribution in [2.24, 2.45) is 0 Å². The number of amides is 3. The number of aromatic nitrogens is 3. The highest BCUT2D eigenvalue weighted by molar-refractivity contribution is 6.06. The third-order valence-electron chi connectivity index (χ3n) is 7.57. The monoisotopic (exact) mass is 492 g/mol. The highest BCUT2D eigenvalue weighted by Crippen LogP contribution is 2.40. The molecule has 2 saturated heterocycles. The first-order valence-electron chi connectivity index (χ1n) is 12.5. The normalized spacial score (nSPS) is 25.4. The van der Waals surface area contributed by atoms with E-state index in [1.807, 2.05) is 10.9 Å².